The highest BCUT2D eigenvalue weighted by Gasteiger charge is 2.18. The molecule has 0 radical (unpaired) electrons. The summed E-state index contributed by atoms with van der Waals surface area (Å²) in [6.07, 6.45) is 3.59. The van der Waals surface area contributed by atoms with Gasteiger partial charge in [0.15, 0.2) is 0 Å². The molecule has 0 unspecified atom stereocenters. The summed E-state index contributed by atoms with van der Waals surface area (Å²) in [5.74, 6) is 0. The molecule has 2 nitrogen and oxygen atoms in total. The Hall–Kier alpha value is -1.64. The topological polar surface area (TPSA) is 6.48 Å². The number of benzene rings is 2. The number of fused-ring (bicyclic) bond motifs is 3. The van der Waals surface area contributed by atoms with Crippen LogP contribution in [0.15, 0.2) is 42.5 Å². The lowest BCUT2D eigenvalue weighted by atomic mass is 10.0. The number of likely N-dealkylation sites (N-methyl/N-ethyl adjacent to an activating group) is 1. The Morgan fingerprint density at radius 2 is 1.65 bits per heavy atom. The lowest BCUT2D eigenvalue weighted by Crippen LogP contribution is -2.44. The van der Waals surface area contributed by atoms with Crippen molar-refractivity contribution in [2.24, 2.45) is 0 Å². The molecule has 0 amide bonds. The van der Waals surface area contributed by atoms with E-state index in [0.717, 1.165) is 6.42 Å². The molecule has 2 aromatic carbocycles. The van der Waals surface area contributed by atoms with Crippen LogP contribution >= 0.6 is 0 Å². The standard InChI is InChI=1S/C21H26N2/c1-22-11-13-23(14-12-22)10-4-5-17-8-9-21-19(15-17)16-18-6-2-3-7-20(18)21/h2-3,6-9,15H,4-5,10-14,16H2,1H3. The molecule has 1 heterocycles. The van der Waals surface area contributed by atoms with Crippen LogP contribution in [-0.2, 0) is 12.8 Å². The highest BCUT2D eigenvalue weighted by Crippen LogP contribution is 2.36. The van der Waals surface area contributed by atoms with Crippen molar-refractivity contribution in [2.75, 3.05) is 39.8 Å². The molecule has 4 rings (SSSR count). The second-order valence-electron chi connectivity index (χ2n) is 7.07. The first-order valence-electron chi connectivity index (χ1n) is 8.90. The quantitative estimate of drug-likeness (QED) is 0.728. The van der Waals surface area contributed by atoms with E-state index in [2.05, 4.69) is 59.3 Å². The molecular weight excluding hydrogens is 280 g/mol. The van der Waals surface area contributed by atoms with Crippen molar-refractivity contribution in [3.63, 3.8) is 0 Å². The Kier molecular flexibility index (Phi) is 4.19. The molecule has 1 saturated heterocycles. The van der Waals surface area contributed by atoms with Crippen LogP contribution in [0.4, 0.5) is 0 Å². The molecule has 1 aliphatic carbocycles. The van der Waals surface area contributed by atoms with E-state index in [-0.39, 0.29) is 0 Å². The summed E-state index contributed by atoms with van der Waals surface area (Å²) >= 11 is 0. The Morgan fingerprint density at radius 1 is 0.870 bits per heavy atom. The van der Waals surface area contributed by atoms with E-state index < -0.39 is 0 Å². The van der Waals surface area contributed by atoms with Crippen molar-refractivity contribution < 1.29 is 0 Å². The molecular formula is C21H26N2. The number of rotatable bonds is 4. The van der Waals surface area contributed by atoms with Crippen LogP contribution in [0.2, 0.25) is 0 Å². The van der Waals surface area contributed by atoms with Crippen LogP contribution in [-0.4, -0.2) is 49.6 Å². The minimum atomic E-state index is 1.11. The molecule has 2 aliphatic rings. The predicted octanol–water partition coefficient (Wildman–Crippen LogP) is 3.44. The number of hydrogen-bond acceptors (Lipinski definition) is 2. The van der Waals surface area contributed by atoms with Crippen LogP contribution in [0.1, 0.15) is 23.1 Å². The third-order valence-electron chi connectivity index (χ3n) is 5.39. The summed E-state index contributed by atoms with van der Waals surface area (Å²) in [7, 11) is 2.22. The van der Waals surface area contributed by atoms with Gasteiger partial charge in [0.2, 0.25) is 0 Å². The first-order valence-corrected chi connectivity index (χ1v) is 8.90. The lowest BCUT2D eigenvalue weighted by Gasteiger charge is -2.32. The summed E-state index contributed by atoms with van der Waals surface area (Å²) in [6, 6.07) is 16.0. The van der Waals surface area contributed by atoms with E-state index in [1.165, 1.54) is 73.4 Å². The highest BCUT2D eigenvalue weighted by molar-refractivity contribution is 5.76. The van der Waals surface area contributed by atoms with Crippen LogP contribution < -0.4 is 0 Å². The van der Waals surface area contributed by atoms with Crippen molar-refractivity contribution in [3.05, 3.63) is 59.2 Å². The van der Waals surface area contributed by atoms with Gasteiger partial charge in [-0.3, -0.25) is 0 Å². The lowest BCUT2D eigenvalue weighted by molar-refractivity contribution is 0.153. The van der Waals surface area contributed by atoms with Gasteiger partial charge < -0.3 is 9.80 Å². The molecule has 0 bridgehead atoms. The van der Waals surface area contributed by atoms with E-state index in [1.807, 2.05) is 0 Å². The summed E-state index contributed by atoms with van der Waals surface area (Å²) < 4.78 is 0. The van der Waals surface area contributed by atoms with Crippen molar-refractivity contribution in [1.29, 1.82) is 0 Å². The zero-order valence-corrected chi connectivity index (χ0v) is 14.1. The fraction of sp³-hybridized carbons (Fsp3) is 0.429. The largest absolute Gasteiger partial charge is 0.304 e. The zero-order valence-electron chi connectivity index (χ0n) is 14.1. The number of piperazine rings is 1. The van der Waals surface area contributed by atoms with Gasteiger partial charge in [0.05, 0.1) is 0 Å². The van der Waals surface area contributed by atoms with E-state index in [1.54, 1.807) is 0 Å². The molecule has 2 aromatic rings. The molecule has 0 N–H and O–H groups in total. The predicted molar refractivity (Wildman–Crippen MR) is 96.9 cm³/mol. The van der Waals surface area contributed by atoms with E-state index in [9.17, 15) is 0 Å². The van der Waals surface area contributed by atoms with Gasteiger partial charge in [0.25, 0.3) is 0 Å². The fourth-order valence-electron chi connectivity index (χ4n) is 3.93. The normalized spacial score (nSPS) is 18.0. The van der Waals surface area contributed by atoms with Crippen molar-refractivity contribution in [1.82, 2.24) is 9.80 Å². The third kappa shape index (κ3) is 3.19. The molecule has 1 fully saturated rings. The van der Waals surface area contributed by atoms with E-state index in [4.69, 9.17) is 0 Å². The van der Waals surface area contributed by atoms with Crippen molar-refractivity contribution >= 4 is 0 Å². The monoisotopic (exact) mass is 306 g/mol. The van der Waals surface area contributed by atoms with Crippen LogP contribution in [0, 0.1) is 0 Å². The van der Waals surface area contributed by atoms with Crippen molar-refractivity contribution in [3.8, 4) is 11.1 Å². The molecule has 1 aliphatic heterocycles. The fourth-order valence-corrected chi connectivity index (χ4v) is 3.93. The van der Waals surface area contributed by atoms with Gasteiger partial charge in [-0.1, -0.05) is 42.5 Å². The smallest absolute Gasteiger partial charge is 0.0110 e. The average Bonchev–Trinajstić information content (AvgIpc) is 2.94. The van der Waals surface area contributed by atoms with Gasteiger partial charge in [0, 0.05) is 26.2 Å². The maximum atomic E-state index is 2.61. The highest BCUT2D eigenvalue weighted by atomic mass is 15.2. The maximum Gasteiger partial charge on any atom is 0.0110 e. The van der Waals surface area contributed by atoms with Gasteiger partial charge in [-0.05, 0) is 60.7 Å². The summed E-state index contributed by atoms with van der Waals surface area (Å²) in [6.45, 7) is 6.14. The van der Waals surface area contributed by atoms with Crippen molar-refractivity contribution in [2.45, 2.75) is 19.3 Å². The minimum absolute atomic E-state index is 1.11. The number of aryl methyl sites for hydroxylation is 1. The Morgan fingerprint density at radius 3 is 2.52 bits per heavy atom. The molecule has 0 saturated carbocycles. The first kappa shape index (κ1) is 14.9. The third-order valence-corrected chi connectivity index (χ3v) is 5.39. The molecule has 0 spiro atoms. The average molecular weight is 306 g/mol. The first-order chi connectivity index (χ1) is 11.3. The van der Waals surface area contributed by atoms with Gasteiger partial charge in [-0.25, -0.2) is 0 Å². The van der Waals surface area contributed by atoms with Gasteiger partial charge >= 0.3 is 0 Å². The SMILES string of the molecule is CN1CCN(CCCc2ccc3c(c2)Cc2ccccc2-3)CC1. The second kappa shape index (κ2) is 6.46. The second-order valence-corrected chi connectivity index (χ2v) is 7.07. The summed E-state index contributed by atoms with van der Waals surface area (Å²) in [5.41, 5.74) is 7.39. The van der Waals surface area contributed by atoms with Gasteiger partial charge in [-0.2, -0.15) is 0 Å². The summed E-state index contributed by atoms with van der Waals surface area (Å²) in [4.78, 5) is 5.04. The molecule has 0 aromatic heterocycles. The number of hydrogen-bond donors (Lipinski definition) is 0. The van der Waals surface area contributed by atoms with E-state index in [0.29, 0.717) is 0 Å². The van der Waals surface area contributed by atoms with E-state index >= 15 is 0 Å². The Bertz CT molecular complexity index is 684. The van der Waals surface area contributed by atoms with Crippen LogP contribution in [0.5, 0.6) is 0 Å². The Labute approximate surface area is 139 Å². The summed E-state index contributed by atoms with van der Waals surface area (Å²) in [5, 5.41) is 0. The minimum Gasteiger partial charge on any atom is -0.304 e. The maximum absolute atomic E-state index is 2.61. The number of nitrogens with zero attached hydrogens (tertiary/aromatic N) is 2. The molecule has 23 heavy (non-hydrogen) atoms. The van der Waals surface area contributed by atoms with Crippen LogP contribution in [0.25, 0.3) is 11.1 Å². The van der Waals surface area contributed by atoms with Gasteiger partial charge in [0.1, 0.15) is 0 Å². The Balaban J connectivity index is 1.35. The zero-order chi connectivity index (χ0) is 15.6. The van der Waals surface area contributed by atoms with Crippen LogP contribution in [0.3, 0.4) is 0 Å². The molecule has 120 valence electrons. The molecule has 2 heteroatoms. The molecule has 0 atom stereocenters. The van der Waals surface area contributed by atoms with Gasteiger partial charge in [-0.15, -0.1) is 0 Å².